The summed E-state index contributed by atoms with van der Waals surface area (Å²) in [5, 5.41) is 2.78. The molecule has 0 spiro atoms. The Morgan fingerprint density at radius 1 is 1.43 bits per heavy atom. The van der Waals surface area contributed by atoms with E-state index in [1.54, 1.807) is 27.9 Å². The van der Waals surface area contributed by atoms with Crippen molar-refractivity contribution in [3.63, 3.8) is 0 Å². The molecule has 5 heteroatoms. The Kier molecular flexibility index (Phi) is 5.87. The summed E-state index contributed by atoms with van der Waals surface area (Å²) in [6.45, 7) is 3.87. The van der Waals surface area contributed by atoms with Crippen molar-refractivity contribution in [2.75, 3.05) is 27.2 Å². The first-order chi connectivity index (χ1) is 6.49. The van der Waals surface area contributed by atoms with Gasteiger partial charge in [0.05, 0.1) is 19.2 Å². The fourth-order valence-corrected chi connectivity index (χ4v) is 0.923. The van der Waals surface area contributed by atoms with E-state index in [1.165, 1.54) is 4.90 Å². The molecule has 0 aromatic rings. The molecule has 0 aromatic heterocycles. The molecular formula is C9H18N2O3. The molecule has 0 aliphatic rings. The third-order valence-corrected chi connectivity index (χ3v) is 1.67. The Morgan fingerprint density at radius 2 is 2.00 bits per heavy atom. The summed E-state index contributed by atoms with van der Waals surface area (Å²) in [7, 11) is 3.34. The highest BCUT2D eigenvalue weighted by atomic mass is 16.5. The molecule has 82 valence electrons. The Balaban J connectivity index is 3.79. The van der Waals surface area contributed by atoms with Crippen LogP contribution in [0, 0.1) is 0 Å². The fraction of sp³-hybridized carbons (Fsp3) is 0.778. The molecule has 1 amide bonds. The zero-order valence-electron chi connectivity index (χ0n) is 9.16. The van der Waals surface area contributed by atoms with Crippen molar-refractivity contribution in [1.29, 1.82) is 0 Å². The lowest BCUT2D eigenvalue weighted by molar-refractivity contribution is -0.142. The van der Waals surface area contributed by atoms with E-state index < -0.39 is 0 Å². The van der Waals surface area contributed by atoms with Gasteiger partial charge in [-0.05, 0) is 13.8 Å². The van der Waals surface area contributed by atoms with Gasteiger partial charge < -0.3 is 9.64 Å². The standard InChI is InChI=1S/C9H18N2O3/c1-5-14-8(12)6-10-7(2)9(13)11(3)4/h7,10H,5-6H2,1-4H3. The van der Waals surface area contributed by atoms with Crippen molar-refractivity contribution in [2.24, 2.45) is 0 Å². The number of ether oxygens (including phenoxy) is 1. The molecule has 0 aliphatic carbocycles. The van der Waals surface area contributed by atoms with Gasteiger partial charge in [-0.1, -0.05) is 0 Å². The molecule has 1 unspecified atom stereocenters. The zero-order valence-corrected chi connectivity index (χ0v) is 9.16. The minimum absolute atomic E-state index is 0.0608. The quantitative estimate of drug-likeness (QED) is 0.617. The minimum Gasteiger partial charge on any atom is -0.465 e. The van der Waals surface area contributed by atoms with Gasteiger partial charge in [-0.2, -0.15) is 0 Å². The van der Waals surface area contributed by atoms with E-state index >= 15 is 0 Å². The topological polar surface area (TPSA) is 58.6 Å². The van der Waals surface area contributed by atoms with Crippen LogP contribution < -0.4 is 5.32 Å². The zero-order chi connectivity index (χ0) is 11.1. The first kappa shape index (κ1) is 12.9. The van der Waals surface area contributed by atoms with Gasteiger partial charge in [-0.3, -0.25) is 14.9 Å². The minimum atomic E-state index is -0.366. The smallest absolute Gasteiger partial charge is 0.319 e. The Hall–Kier alpha value is -1.10. The van der Waals surface area contributed by atoms with Crippen LogP contribution in [0.4, 0.5) is 0 Å². The van der Waals surface area contributed by atoms with Crippen LogP contribution in [-0.4, -0.2) is 50.1 Å². The van der Waals surface area contributed by atoms with E-state index in [0.29, 0.717) is 6.61 Å². The second-order valence-corrected chi connectivity index (χ2v) is 3.14. The van der Waals surface area contributed by atoms with Gasteiger partial charge in [-0.25, -0.2) is 0 Å². The monoisotopic (exact) mass is 202 g/mol. The molecule has 0 saturated carbocycles. The fourth-order valence-electron chi connectivity index (χ4n) is 0.923. The maximum Gasteiger partial charge on any atom is 0.319 e. The number of nitrogens with zero attached hydrogens (tertiary/aromatic N) is 1. The van der Waals surface area contributed by atoms with Crippen LogP contribution in [0.15, 0.2) is 0 Å². The maximum absolute atomic E-state index is 11.3. The van der Waals surface area contributed by atoms with Gasteiger partial charge in [-0.15, -0.1) is 0 Å². The second-order valence-electron chi connectivity index (χ2n) is 3.14. The summed E-state index contributed by atoms with van der Waals surface area (Å²) in [4.78, 5) is 23.7. The molecule has 14 heavy (non-hydrogen) atoms. The molecule has 0 rings (SSSR count). The van der Waals surface area contributed by atoms with Crippen LogP contribution >= 0.6 is 0 Å². The average Bonchev–Trinajstić information content (AvgIpc) is 2.13. The predicted octanol–water partition coefficient (Wildman–Crippen LogP) is -0.384. The Morgan fingerprint density at radius 3 is 2.43 bits per heavy atom. The van der Waals surface area contributed by atoms with Gasteiger partial charge >= 0.3 is 5.97 Å². The number of nitrogens with one attached hydrogen (secondary N) is 1. The summed E-state index contributed by atoms with van der Waals surface area (Å²) < 4.78 is 4.71. The molecule has 0 fully saturated rings. The lowest BCUT2D eigenvalue weighted by Crippen LogP contribution is -2.43. The van der Waals surface area contributed by atoms with Gasteiger partial charge in [0.25, 0.3) is 0 Å². The predicted molar refractivity (Wildman–Crippen MR) is 52.8 cm³/mol. The number of hydrogen-bond acceptors (Lipinski definition) is 4. The van der Waals surface area contributed by atoms with Crippen LogP contribution in [-0.2, 0) is 14.3 Å². The molecule has 0 aromatic carbocycles. The molecule has 0 bridgehead atoms. The number of hydrogen-bond donors (Lipinski definition) is 1. The van der Waals surface area contributed by atoms with Gasteiger partial charge in [0.15, 0.2) is 0 Å². The van der Waals surface area contributed by atoms with E-state index in [0.717, 1.165) is 0 Å². The van der Waals surface area contributed by atoms with E-state index in [-0.39, 0.29) is 24.5 Å². The van der Waals surface area contributed by atoms with Crippen molar-refractivity contribution in [1.82, 2.24) is 10.2 Å². The van der Waals surface area contributed by atoms with E-state index in [4.69, 9.17) is 4.74 Å². The largest absolute Gasteiger partial charge is 0.465 e. The summed E-state index contributed by atoms with van der Waals surface area (Å²) in [5.74, 6) is -0.403. The van der Waals surface area contributed by atoms with Crippen LogP contribution in [0.2, 0.25) is 0 Å². The van der Waals surface area contributed by atoms with Crippen LogP contribution in [0.3, 0.4) is 0 Å². The lowest BCUT2D eigenvalue weighted by atomic mass is 10.3. The SMILES string of the molecule is CCOC(=O)CNC(C)C(=O)N(C)C. The third kappa shape index (κ3) is 4.81. The van der Waals surface area contributed by atoms with Crippen molar-refractivity contribution in [3.05, 3.63) is 0 Å². The lowest BCUT2D eigenvalue weighted by Gasteiger charge is -2.17. The number of carbonyl (C=O) groups is 2. The molecular weight excluding hydrogens is 184 g/mol. The van der Waals surface area contributed by atoms with Crippen LogP contribution in [0.25, 0.3) is 0 Å². The number of likely N-dealkylation sites (N-methyl/N-ethyl adjacent to an activating group) is 1. The molecule has 0 saturated heterocycles. The summed E-state index contributed by atoms with van der Waals surface area (Å²) >= 11 is 0. The van der Waals surface area contributed by atoms with E-state index in [2.05, 4.69) is 5.32 Å². The Bertz CT molecular complexity index is 204. The van der Waals surface area contributed by atoms with Gasteiger partial charge in [0.1, 0.15) is 0 Å². The molecule has 0 aliphatic heterocycles. The number of esters is 1. The molecule has 1 N–H and O–H groups in total. The van der Waals surface area contributed by atoms with Crippen molar-refractivity contribution >= 4 is 11.9 Å². The van der Waals surface area contributed by atoms with Gasteiger partial charge in [0, 0.05) is 14.1 Å². The summed E-state index contributed by atoms with van der Waals surface area (Å²) in [6.07, 6.45) is 0. The van der Waals surface area contributed by atoms with E-state index in [9.17, 15) is 9.59 Å². The van der Waals surface area contributed by atoms with Crippen molar-refractivity contribution in [2.45, 2.75) is 19.9 Å². The molecule has 1 atom stereocenters. The van der Waals surface area contributed by atoms with Crippen LogP contribution in [0.1, 0.15) is 13.8 Å². The summed E-state index contributed by atoms with van der Waals surface area (Å²) in [5.41, 5.74) is 0. The highest BCUT2D eigenvalue weighted by molar-refractivity contribution is 5.81. The molecule has 0 heterocycles. The highest BCUT2D eigenvalue weighted by Crippen LogP contribution is 1.88. The average molecular weight is 202 g/mol. The molecule has 5 nitrogen and oxygen atoms in total. The number of carbonyl (C=O) groups excluding carboxylic acids is 2. The van der Waals surface area contributed by atoms with E-state index in [1.807, 2.05) is 0 Å². The molecule has 0 radical (unpaired) electrons. The summed E-state index contributed by atoms with van der Waals surface area (Å²) in [6, 6.07) is -0.366. The van der Waals surface area contributed by atoms with Crippen molar-refractivity contribution < 1.29 is 14.3 Å². The first-order valence-electron chi connectivity index (χ1n) is 4.59. The highest BCUT2D eigenvalue weighted by Gasteiger charge is 2.15. The normalized spacial score (nSPS) is 12.0. The van der Waals surface area contributed by atoms with Crippen molar-refractivity contribution in [3.8, 4) is 0 Å². The number of rotatable bonds is 5. The second kappa shape index (κ2) is 6.37. The van der Waals surface area contributed by atoms with Crippen LogP contribution in [0.5, 0.6) is 0 Å². The number of amides is 1. The maximum atomic E-state index is 11.3. The Labute approximate surface area is 84.4 Å². The van der Waals surface area contributed by atoms with Gasteiger partial charge in [0.2, 0.25) is 5.91 Å². The third-order valence-electron chi connectivity index (χ3n) is 1.67. The first-order valence-corrected chi connectivity index (χ1v) is 4.59.